The summed E-state index contributed by atoms with van der Waals surface area (Å²) in [5.74, 6) is 0. The molecule has 0 unspecified atom stereocenters. The van der Waals surface area contributed by atoms with Gasteiger partial charge in [-0.05, 0) is 26.3 Å². The third-order valence-corrected chi connectivity index (χ3v) is 3.20. The van der Waals surface area contributed by atoms with Gasteiger partial charge in [-0.3, -0.25) is 10.2 Å². The van der Waals surface area contributed by atoms with E-state index in [1.807, 2.05) is 26.8 Å². The highest BCUT2D eigenvalue weighted by Gasteiger charge is 2.18. The van der Waals surface area contributed by atoms with Crippen molar-refractivity contribution in [2.75, 3.05) is 13.1 Å². The van der Waals surface area contributed by atoms with Crippen molar-refractivity contribution in [3.05, 3.63) is 47.7 Å². The Morgan fingerprint density at radius 1 is 1.29 bits per heavy atom. The Morgan fingerprint density at radius 2 is 2.00 bits per heavy atom. The van der Waals surface area contributed by atoms with Crippen LogP contribution in [0.25, 0.3) is 0 Å². The second-order valence-corrected chi connectivity index (χ2v) is 6.33. The van der Waals surface area contributed by atoms with Crippen molar-refractivity contribution >= 4 is 6.09 Å². The number of benzene rings is 1. The summed E-state index contributed by atoms with van der Waals surface area (Å²) in [6.07, 6.45) is 2.54. The predicted molar refractivity (Wildman–Crippen MR) is 83.8 cm³/mol. The van der Waals surface area contributed by atoms with Crippen molar-refractivity contribution in [3.63, 3.8) is 0 Å². The van der Waals surface area contributed by atoms with Crippen LogP contribution in [-0.4, -0.2) is 29.7 Å². The Kier molecular flexibility index (Phi) is 5.02. The Hall–Kier alpha value is -1.81. The fraction of sp³-hybridized carbons (Fsp3) is 0.471. The molecule has 0 fully saturated rings. The highest BCUT2D eigenvalue weighted by Crippen LogP contribution is 2.13. The molecule has 0 aromatic heterocycles. The van der Waals surface area contributed by atoms with E-state index in [4.69, 9.17) is 4.74 Å². The highest BCUT2D eigenvalue weighted by atomic mass is 16.6. The zero-order chi connectivity index (χ0) is 15.3. The molecule has 1 aromatic rings. The first-order valence-corrected chi connectivity index (χ1v) is 7.38. The molecule has 1 amide bonds. The van der Waals surface area contributed by atoms with E-state index in [0.29, 0.717) is 0 Å². The van der Waals surface area contributed by atoms with Gasteiger partial charge < -0.3 is 4.74 Å². The summed E-state index contributed by atoms with van der Waals surface area (Å²) in [5.41, 5.74) is 1.81. The lowest BCUT2D eigenvalue weighted by atomic mass is 10.1. The van der Waals surface area contributed by atoms with Crippen LogP contribution in [0.1, 0.15) is 32.8 Å². The second-order valence-electron chi connectivity index (χ2n) is 6.33. The average molecular weight is 288 g/mol. The molecule has 1 aromatic carbocycles. The first kappa shape index (κ1) is 15.6. The van der Waals surface area contributed by atoms with Crippen LogP contribution in [0.2, 0.25) is 0 Å². The number of alkyl carbamates (subject to hydrolysis) is 1. The molecule has 21 heavy (non-hydrogen) atoms. The molecule has 0 saturated carbocycles. The quantitative estimate of drug-likeness (QED) is 0.928. The number of carbonyl (C=O) groups is 1. The third-order valence-electron chi connectivity index (χ3n) is 3.20. The molecule has 0 radical (unpaired) electrons. The van der Waals surface area contributed by atoms with Gasteiger partial charge in [0.15, 0.2) is 0 Å². The molecular formula is C17H24N2O2. The van der Waals surface area contributed by atoms with Crippen LogP contribution in [0.5, 0.6) is 0 Å². The van der Waals surface area contributed by atoms with Crippen LogP contribution in [0.4, 0.5) is 4.79 Å². The summed E-state index contributed by atoms with van der Waals surface area (Å²) in [7, 11) is 0. The molecule has 0 spiro atoms. The van der Waals surface area contributed by atoms with Crippen molar-refractivity contribution in [2.24, 2.45) is 0 Å². The van der Waals surface area contributed by atoms with Gasteiger partial charge in [-0.2, -0.15) is 0 Å². The third kappa shape index (κ3) is 5.60. The summed E-state index contributed by atoms with van der Waals surface area (Å²) in [4.78, 5) is 14.1. The van der Waals surface area contributed by atoms with Gasteiger partial charge in [0.25, 0.3) is 0 Å². The SMILES string of the molecule is CC(C)(C)OC(=O)NC1=CCN(Cc2ccccc2)CC1. The van der Waals surface area contributed by atoms with Crippen molar-refractivity contribution in [1.82, 2.24) is 10.2 Å². The van der Waals surface area contributed by atoms with Crippen molar-refractivity contribution in [3.8, 4) is 0 Å². The number of hydrogen-bond donors (Lipinski definition) is 1. The van der Waals surface area contributed by atoms with Crippen LogP contribution in [0, 0.1) is 0 Å². The molecule has 1 heterocycles. The Labute approximate surface area is 126 Å². The fourth-order valence-electron chi connectivity index (χ4n) is 2.24. The summed E-state index contributed by atoms with van der Waals surface area (Å²) in [6.45, 7) is 8.32. The van der Waals surface area contributed by atoms with Crippen LogP contribution >= 0.6 is 0 Å². The van der Waals surface area contributed by atoms with Crippen molar-refractivity contribution in [2.45, 2.75) is 39.3 Å². The van der Waals surface area contributed by atoms with E-state index in [-0.39, 0.29) is 6.09 Å². The molecule has 114 valence electrons. The molecule has 0 aliphatic carbocycles. The molecule has 0 atom stereocenters. The maximum atomic E-state index is 11.7. The monoisotopic (exact) mass is 288 g/mol. The van der Waals surface area contributed by atoms with Gasteiger partial charge in [0.05, 0.1) is 0 Å². The molecule has 0 bridgehead atoms. The van der Waals surface area contributed by atoms with E-state index in [1.165, 1.54) is 5.56 Å². The standard InChI is InChI=1S/C17H24N2O2/c1-17(2,3)21-16(20)18-15-9-11-19(12-10-15)13-14-7-5-4-6-8-14/h4-9H,10-13H2,1-3H3,(H,18,20). The van der Waals surface area contributed by atoms with E-state index in [0.717, 1.165) is 31.8 Å². The minimum atomic E-state index is -0.460. The van der Waals surface area contributed by atoms with Gasteiger partial charge in [-0.15, -0.1) is 0 Å². The number of amides is 1. The summed E-state index contributed by atoms with van der Waals surface area (Å²) >= 11 is 0. The molecule has 4 heteroatoms. The van der Waals surface area contributed by atoms with Gasteiger partial charge in [0.2, 0.25) is 0 Å². The zero-order valence-corrected chi connectivity index (χ0v) is 13.1. The fourth-order valence-corrected chi connectivity index (χ4v) is 2.24. The van der Waals surface area contributed by atoms with Crippen molar-refractivity contribution in [1.29, 1.82) is 0 Å². The largest absolute Gasteiger partial charge is 0.444 e. The summed E-state index contributed by atoms with van der Waals surface area (Å²) < 4.78 is 5.26. The number of rotatable bonds is 3. The average Bonchev–Trinajstić information content (AvgIpc) is 2.40. The minimum absolute atomic E-state index is 0.370. The number of carbonyl (C=O) groups excluding carboxylic acids is 1. The second kappa shape index (κ2) is 6.76. The molecular weight excluding hydrogens is 264 g/mol. The predicted octanol–water partition coefficient (Wildman–Crippen LogP) is 3.30. The molecule has 1 N–H and O–H groups in total. The van der Waals surface area contributed by atoms with Crippen LogP contribution in [0.15, 0.2) is 42.1 Å². The van der Waals surface area contributed by atoms with Crippen LogP contribution in [0.3, 0.4) is 0 Å². The molecule has 1 aliphatic rings. The van der Waals surface area contributed by atoms with Crippen LogP contribution < -0.4 is 5.32 Å². The molecule has 0 saturated heterocycles. The Balaban J connectivity index is 1.81. The topological polar surface area (TPSA) is 41.6 Å². The Morgan fingerprint density at radius 3 is 2.57 bits per heavy atom. The molecule has 4 nitrogen and oxygen atoms in total. The summed E-state index contributed by atoms with van der Waals surface area (Å²) in [6, 6.07) is 10.4. The molecule has 1 aliphatic heterocycles. The number of nitrogens with zero attached hydrogens (tertiary/aromatic N) is 1. The number of hydrogen-bond acceptors (Lipinski definition) is 3. The number of ether oxygens (including phenoxy) is 1. The lowest BCUT2D eigenvalue weighted by molar-refractivity contribution is 0.0541. The lowest BCUT2D eigenvalue weighted by Crippen LogP contribution is -2.36. The van der Waals surface area contributed by atoms with Gasteiger partial charge in [0, 0.05) is 31.8 Å². The van der Waals surface area contributed by atoms with Crippen molar-refractivity contribution < 1.29 is 9.53 Å². The minimum Gasteiger partial charge on any atom is -0.444 e. The van der Waals surface area contributed by atoms with Gasteiger partial charge in [-0.1, -0.05) is 36.4 Å². The Bertz CT molecular complexity index is 503. The van der Waals surface area contributed by atoms with E-state index < -0.39 is 5.60 Å². The van der Waals surface area contributed by atoms with Gasteiger partial charge >= 0.3 is 6.09 Å². The normalized spacial score (nSPS) is 16.2. The van der Waals surface area contributed by atoms with Gasteiger partial charge in [-0.25, -0.2) is 4.79 Å². The first-order valence-electron chi connectivity index (χ1n) is 7.38. The van der Waals surface area contributed by atoms with Crippen LogP contribution in [-0.2, 0) is 11.3 Å². The first-order chi connectivity index (χ1) is 9.92. The van der Waals surface area contributed by atoms with E-state index in [2.05, 4.69) is 40.6 Å². The zero-order valence-electron chi connectivity index (χ0n) is 13.1. The number of nitrogens with one attached hydrogen (secondary N) is 1. The van der Waals surface area contributed by atoms with E-state index in [9.17, 15) is 4.79 Å². The summed E-state index contributed by atoms with van der Waals surface area (Å²) in [5, 5.41) is 2.83. The van der Waals surface area contributed by atoms with E-state index in [1.54, 1.807) is 0 Å². The van der Waals surface area contributed by atoms with E-state index >= 15 is 0 Å². The smallest absolute Gasteiger partial charge is 0.411 e. The maximum absolute atomic E-state index is 11.7. The highest BCUT2D eigenvalue weighted by molar-refractivity contribution is 5.70. The molecule has 2 rings (SSSR count). The van der Waals surface area contributed by atoms with Gasteiger partial charge in [0.1, 0.15) is 5.60 Å². The maximum Gasteiger partial charge on any atom is 0.411 e. The lowest BCUT2D eigenvalue weighted by Gasteiger charge is -2.27.